The van der Waals surface area contributed by atoms with Crippen LogP contribution < -0.4 is 16.2 Å². The molecule has 0 aliphatic carbocycles. The SMILES string of the molecule is COC(=O)N[C@H](C(=O)N1CCC[C@H]1c1ncc(-c2ccc(-c3ccn(-c4cnc([C@@H]5CCCN5C(=O)[C@@H](NC(=O)OC)C(C)C)[nH]4)c(=O)c3)cc2)[nH]1)C(C)C. The van der Waals surface area contributed by atoms with E-state index >= 15 is 0 Å². The van der Waals surface area contributed by atoms with Crippen molar-refractivity contribution in [1.29, 1.82) is 0 Å². The number of hydrogen-bond donors (Lipinski definition) is 4. The number of carbonyl (C=O) groups is 4. The highest BCUT2D eigenvalue weighted by molar-refractivity contribution is 5.87. The number of nitrogens with zero attached hydrogens (tertiary/aromatic N) is 5. The molecule has 4 aromatic rings. The van der Waals surface area contributed by atoms with Crippen molar-refractivity contribution >= 4 is 24.0 Å². The molecular formula is C39H49N9O7. The Morgan fingerprint density at radius 2 is 1.24 bits per heavy atom. The summed E-state index contributed by atoms with van der Waals surface area (Å²) in [5, 5.41) is 5.33. The molecule has 6 rings (SSSR count). The van der Waals surface area contributed by atoms with Crippen LogP contribution in [0.5, 0.6) is 0 Å². The highest BCUT2D eigenvalue weighted by Crippen LogP contribution is 2.34. The molecule has 1 aromatic carbocycles. The highest BCUT2D eigenvalue weighted by Gasteiger charge is 2.39. The third kappa shape index (κ3) is 8.27. The minimum atomic E-state index is -0.745. The molecule has 2 aliphatic rings. The summed E-state index contributed by atoms with van der Waals surface area (Å²) >= 11 is 0. The van der Waals surface area contributed by atoms with Crippen molar-refractivity contribution < 1.29 is 28.7 Å². The Morgan fingerprint density at radius 3 is 1.75 bits per heavy atom. The number of imidazole rings is 2. The lowest BCUT2D eigenvalue weighted by Gasteiger charge is -2.30. The maximum Gasteiger partial charge on any atom is 0.407 e. The van der Waals surface area contributed by atoms with Crippen LogP contribution in [-0.2, 0) is 19.1 Å². The number of amides is 4. The molecule has 0 unspecified atom stereocenters. The number of carbonyl (C=O) groups excluding carboxylic acids is 4. The zero-order valence-corrected chi connectivity index (χ0v) is 32.0. The van der Waals surface area contributed by atoms with E-state index in [1.807, 2.05) is 58.0 Å². The van der Waals surface area contributed by atoms with E-state index in [4.69, 9.17) is 9.47 Å². The first kappa shape index (κ1) is 38.8. The van der Waals surface area contributed by atoms with E-state index in [0.29, 0.717) is 37.0 Å². The lowest BCUT2D eigenvalue weighted by Crippen LogP contribution is -2.51. The van der Waals surface area contributed by atoms with Gasteiger partial charge in [0.05, 0.1) is 44.4 Å². The molecule has 0 bridgehead atoms. The van der Waals surface area contributed by atoms with E-state index in [-0.39, 0.29) is 41.3 Å². The van der Waals surface area contributed by atoms with E-state index in [1.54, 1.807) is 34.5 Å². The lowest BCUT2D eigenvalue weighted by molar-refractivity contribution is -0.136. The number of likely N-dealkylation sites (tertiary alicyclic amines) is 2. The summed E-state index contributed by atoms with van der Waals surface area (Å²) < 4.78 is 10.9. The number of benzene rings is 1. The van der Waals surface area contributed by atoms with Gasteiger partial charge in [-0.2, -0.15) is 0 Å². The highest BCUT2D eigenvalue weighted by atomic mass is 16.5. The first-order valence-electron chi connectivity index (χ1n) is 18.6. The molecule has 3 aromatic heterocycles. The third-order valence-electron chi connectivity index (χ3n) is 10.4. The molecule has 5 heterocycles. The summed E-state index contributed by atoms with van der Waals surface area (Å²) in [6.45, 7) is 8.58. The number of hydrogen-bond acceptors (Lipinski definition) is 9. The summed E-state index contributed by atoms with van der Waals surface area (Å²) in [6, 6.07) is 9.16. The molecule has 292 valence electrons. The first-order chi connectivity index (χ1) is 26.4. The van der Waals surface area contributed by atoms with Gasteiger partial charge >= 0.3 is 12.2 Å². The minimum absolute atomic E-state index is 0.126. The predicted molar refractivity (Wildman–Crippen MR) is 203 cm³/mol. The zero-order valence-electron chi connectivity index (χ0n) is 32.0. The Morgan fingerprint density at radius 1 is 0.727 bits per heavy atom. The molecule has 0 saturated carbocycles. The van der Waals surface area contributed by atoms with Gasteiger partial charge in [-0.1, -0.05) is 52.0 Å². The summed E-state index contributed by atoms with van der Waals surface area (Å²) in [7, 11) is 2.54. The number of ether oxygens (including phenoxy) is 2. The van der Waals surface area contributed by atoms with Crippen molar-refractivity contribution in [1.82, 2.24) is 44.9 Å². The van der Waals surface area contributed by atoms with Gasteiger partial charge < -0.3 is 39.9 Å². The average molecular weight is 756 g/mol. The molecule has 55 heavy (non-hydrogen) atoms. The minimum Gasteiger partial charge on any atom is -0.453 e. The largest absolute Gasteiger partial charge is 0.453 e. The fraction of sp³-hybridized carbons (Fsp3) is 0.462. The van der Waals surface area contributed by atoms with Crippen LogP contribution in [0.1, 0.15) is 77.1 Å². The van der Waals surface area contributed by atoms with Crippen LogP contribution in [-0.4, -0.2) is 97.7 Å². The van der Waals surface area contributed by atoms with Crippen LogP contribution in [0.15, 0.2) is 59.8 Å². The molecule has 2 saturated heterocycles. The van der Waals surface area contributed by atoms with Gasteiger partial charge in [-0.3, -0.25) is 19.0 Å². The second-order valence-electron chi connectivity index (χ2n) is 14.6. The van der Waals surface area contributed by atoms with E-state index < -0.39 is 24.3 Å². The molecular weight excluding hydrogens is 706 g/mol. The molecule has 0 radical (unpaired) electrons. The van der Waals surface area contributed by atoms with Crippen LogP contribution in [0.25, 0.3) is 28.2 Å². The molecule has 4 atom stereocenters. The van der Waals surface area contributed by atoms with E-state index in [9.17, 15) is 24.0 Å². The molecule has 2 fully saturated rings. The van der Waals surface area contributed by atoms with Crippen molar-refractivity contribution in [3.63, 3.8) is 0 Å². The van der Waals surface area contributed by atoms with Gasteiger partial charge in [-0.15, -0.1) is 0 Å². The maximum absolute atomic E-state index is 13.5. The fourth-order valence-electron chi connectivity index (χ4n) is 7.36. The topological polar surface area (TPSA) is 197 Å². The lowest BCUT2D eigenvalue weighted by atomic mass is 10.0. The molecule has 0 spiro atoms. The van der Waals surface area contributed by atoms with Gasteiger partial charge in [0.2, 0.25) is 11.8 Å². The normalized spacial score (nSPS) is 18.0. The maximum atomic E-state index is 13.5. The monoisotopic (exact) mass is 755 g/mol. The van der Waals surface area contributed by atoms with Crippen molar-refractivity contribution in [2.75, 3.05) is 27.3 Å². The summed E-state index contributed by atoms with van der Waals surface area (Å²) in [5.41, 5.74) is 3.02. The number of pyridine rings is 1. The van der Waals surface area contributed by atoms with Crippen molar-refractivity contribution in [2.24, 2.45) is 11.8 Å². The van der Waals surface area contributed by atoms with Crippen LogP contribution in [0.3, 0.4) is 0 Å². The van der Waals surface area contributed by atoms with Gasteiger partial charge in [-0.05, 0) is 60.3 Å². The molecule has 4 amide bonds. The summed E-state index contributed by atoms with van der Waals surface area (Å²) in [5.74, 6) is 1.07. The van der Waals surface area contributed by atoms with Crippen molar-refractivity contribution in [2.45, 2.75) is 77.5 Å². The number of nitrogens with one attached hydrogen (secondary N) is 4. The molecule has 2 aliphatic heterocycles. The van der Waals surface area contributed by atoms with Gasteiger partial charge in [-0.25, -0.2) is 19.6 Å². The Labute approximate surface area is 319 Å². The van der Waals surface area contributed by atoms with Crippen molar-refractivity contribution in [3.05, 3.63) is 77.0 Å². The van der Waals surface area contributed by atoms with E-state index in [1.165, 1.54) is 18.8 Å². The van der Waals surface area contributed by atoms with Crippen LogP contribution in [0, 0.1) is 11.8 Å². The van der Waals surface area contributed by atoms with Crippen molar-refractivity contribution in [3.8, 4) is 28.2 Å². The number of rotatable bonds is 11. The second kappa shape index (κ2) is 16.6. The number of aromatic amines is 2. The Kier molecular flexibility index (Phi) is 11.7. The van der Waals surface area contributed by atoms with Gasteiger partial charge in [0.15, 0.2) is 0 Å². The van der Waals surface area contributed by atoms with Crippen LogP contribution in [0.4, 0.5) is 9.59 Å². The van der Waals surface area contributed by atoms with E-state index in [0.717, 1.165) is 41.6 Å². The number of H-pyrrole nitrogens is 2. The molecule has 16 heteroatoms. The Bertz CT molecular complexity index is 2070. The summed E-state index contributed by atoms with van der Waals surface area (Å²) in [6.07, 6.45) is 6.76. The van der Waals surface area contributed by atoms with Gasteiger partial charge in [0.1, 0.15) is 29.6 Å². The Hall–Kier alpha value is -5.93. The summed E-state index contributed by atoms with van der Waals surface area (Å²) in [4.78, 5) is 83.6. The fourth-order valence-corrected chi connectivity index (χ4v) is 7.36. The third-order valence-corrected chi connectivity index (χ3v) is 10.4. The average Bonchev–Trinajstić information content (AvgIpc) is 4.02. The first-order valence-corrected chi connectivity index (χ1v) is 18.6. The van der Waals surface area contributed by atoms with E-state index in [2.05, 4.69) is 30.6 Å². The molecule has 4 N–H and O–H groups in total. The van der Waals surface area contributed by atoms with Gasteiger partial charge in [0.25, 0.3) is 5.56 Å². The van der Waals surface area contributed by atoms with Crippen LogP contribution >= 0.6 is 0 Å². The van der Waals surface area contributed by atoms with Gasteiger partial charge in [0, 0.05) is 25.4 Å². The number of methoxy groups -OCH3 is 2. The second-order valence-corrected chi connectivity index (χ2v) is 14.6. The van der Waals surface area contributed by atoms with Crippen LogP contribution in [0.2, 0.25) is 0 Å². The quantitative estimate of drug-likeness (QED) is 0.168. The Balaban J connectivity index is 1.13. The standard InChI is InChI=1S/C39H49N9O7/c1-22(2)32(44-38(52)54-5)36(50)46-16-7-9-28(46)34-40-20-27(42-34)25-13-11-24(12-14-25)26-15-18-48(31(49)19-26)30-21-41-35(43-30)29-10-8-17-47(29)37(51)33(23(3)4)45-39(53)55-6/h11-15,18-23,28-29,32-33H,7-10,16-17H2,1-6H3,(H,40,42)(H,41,43)(H,44,52)(H,45,53)/t28-,29-,32-,33-/m0/s1. The smallest absolute Gasteiger partial charge is 0.407 e. The number of alkyl carbamates (subject to hydrolysis) is 2. The number of aromatic nitrogens is 5. The molecule has 16 nitrogen and oxygen atoms in total. The zero-order chi connectivity index (χ0) is 39.4. The predicted octanol–water partition coefficient (Wildman–Crippen LogP) is 4.71.